The lowest BCUT2D eigenvalue weighted by Gasteiger charge is -2.08. The highest BCUT2D eigenvalue weighted by atomic mass is 32.2. The predicted octanol–water partition coefficient (Wildman–Crippen LogP) is 4.01. The van der Waals surface area contributed by atoms with Gasteiger partial charge in [-0.1, -0.05) is 6.42 Å². The lowest BCUT2D eigenvalue weighted by atomic mass is 10.2. The molecule has 0 saturated carbocycles. The third kappa shape index (κ3) is 3.74. The Morgan fingerprint density at radius 3 is 2.55 bits per heavy atom. The van der Waals surface area contributed by atoms with E-state index >= 15 is 0 Å². The molecule has 2 heterocycles. The van der Waals surface area contributed by atoms with Gasteiger partial charge in [-0.2, -0.15) is 8.78 Å². The Balaban J connectivity index is 1.54. The first-order chi connectivity index (χ1) is 13.9. The van der Waals surface area contributed by atoms with E-state index in [9.17, 15) is 22.0 Å². The molecule has 0 radical (unpaired) electrons. The number of aromatic nitrogens is 2. The van der Waals surface area contributed by atoms with Crippen molar-refractivity contribution in [1.29, 1.82) is 0 Å². The molecule has 0 saturated heterocycles. The molecular formula is C20H19F2N3O3S. The molecule has 0 atom stereocenters. The quantitative estimate of drug-likeness (QED) is 0.693. The maximum Gasteiger partial charge on any atom is 0.341 e. The van der Waals surface area contributed by atoms with Crippen LogP contribution < -0.4 is 5.32 Å². The Hall–Kier alpha value is -2.81. The van der Waals surface area contributed by atoms with E-state index in [1.165, 1.54) is 18.6 Å². The number of rotatable bonds is 4. The smallest absolute Gasteiger partial charge is 0.328 e. The summed E-state index contributed by atoms with van der Waals surface area (Å²) in [5.41, 5.74) is 2.55. The fourth-order valence-corrected chi connectivity index (χ4v) is 4.25. The number of anilines is 1. The number of alkyl halides is 2. The van der Waals surface area contributed by atoms with Crippen molar-refractivity contribution >= 4 is 32.5 Å². The zero-order valence-electron chi connectivity index (χ0n) is 15.4. The Labute approximate surface area is 166 Å². The highest BCUT2D eigenvalue weighted by Gasteiger charge is 2.26. The molecule has 0 fully saturated rings. The van der Waals surface area contributed by atoms with Gasteiger partial charge in [0, 0.05) is 24.2 Å². The Morgan fingerprint density at radius 2 is 1.83 bits per heavy atom. The number of fused-ring (bicyclic) bond motifs is 3. The van der Waals surface area contributed by atoms with Crippen molar-refractivity contribution in [3.05, 3.63) is 53.9 Å². The summed E-state index contributed by atoms with van der Waals surface area (Å²) in [5.74, 6) is -2.91. The number of carbonyl (C=O) groups is 1. The summed E-state index contributed by atoms with van der Waals surface area (Å²) < 4.78 is 50.4. The zero-order valence-corrected chi connectivity index (χ0v) is 16.3. The Morgan fingerprint density at radius 1 is 1.07 bits per heavy atom. The van der Waals surface area contributed by atoms with E-state index in [-0.39, 0.29) is 5.56 Å². The molecule has 0 aliphatic carbocycles. The average Bonchev–Trinajstić information content (AvgIpc) is 2.87. The number of sulfone groups is 1. The summed E-state index contributed by atoms with van der Waals surface area (Å²) in [6, 6.07) is 9.94. The third-order valence-corrected chi connectivity index (χ3v) is 6.45. The molecule has 1 amide bonds. The standard InChI is InChI=1S/C20H19F2N3O3S/c21-20(22)29(27,28)15-8-5-13(6-9-15)19(26)23-14-7-10-17-16(12-14)24-18-4-2-1-3-11-25(17)18/h5-10,12,20H,1-4,11H2,(H,23,26). The average molecular weight is 419 g/mol. The number of nitrogens with one attached hydrogen (secondary N) is 1. The van der Waals surface area contributed by atoms with Crippen LogP contribution in [0, 0.1) is 0 Å². The van der Waals surface area contributed by atoms with Gasteiger partial charge in [0.1, 0.15) is 5.82 Å². The number of nitrogens with zero attached hydrogens (tertiary/aromatic N) is 2. The van der Waals surface area contributed by atoms with Gasteiger partial charge < -0.3 is 9.88 Å². The van der Waals surface area contributed by atoms with Crippen molar-refractivity contribution in [1.82, 2.24) is 9.55 Å². The second-order valence-electron chi connectivity index (χ2n) is 6.98. The van der Waals surface area contributed by atoms with E-state index in [1.807, 2.05) is 6.07 Å². The minimum absolute atomic E-state index is 0.166. The molecule has 9 heteroatoms. The van der Waals surface area contributed by atoms with Gasteiger partial charge in [0.2, 0.25) is 9.84 Å². The van der Waals surface area contributed by atoms with Crippen molar-refractivity contribution in [2.75, 3.05) is 5.32 Å². The summed E-state index contributed by atoms with van der Waals surface area (Å²) in [6.07, 6.45) is 4.36. The van der Waals surface area contributed by atoms with E-state index in [2.05, 4.69) is 14.9 Å². The van der Waals surface area contributed by atoms with Crippen LogP contribution in [0.5, 0.6) is 0 Å². The maximum atomic E-state index is 12.6. The van der Waals surface area contributed by atoms with Crippen molar-refractivity contribution in [3.8, 4) is 0 Å². The fraction of sp³-hybridized carbons (Fsp3) is 0.300. The lowest BCUT2D eigenvalue weighted by molar-refractivity contribution is 0.102. The number of amides is 1. The predicted molar refractivity (Wildman–Crippen MR) is 105 cm³/mol. The van der Waals surface area contributed by atoms with E-state index in [0.717, 1.165) is 54.8 Å². The number of benzene rings is 2. The number of hydrogen-bond donors (Lipinski definition) is 1. The van der Waals surface area contributed by atoms with Crippen LogP contribution in [0.15, 0.2) is 47.4 Å². The second kappa shape index (κ2) is 7.55. The molecule has 1 N–H and O–H groups in total. The highest BCUT2D eigenvalue weighted by Crippen LogP contribution is 2.25. The van der Waals surface area contributed by atoms with Crippen LogP contribution in [0.4, 0.5) is 14.5 Å². The Bertz CT molecular complexity index is 1170. The fourth-order valence-electron chi connectivity index (χ4n) is 3.53. The van der Waals surface area contributed by atoms with Crippen molar-refractivity contribution in [2.24, 2.45) is 0 Å². The minimum Gasteiger partial charge on any atom is -0.328 e. The topological polar surface area (TPSA) is 81.1 Å². The highest BCUT2D eigenvalue weighted by molar-refractivity contribution is 7.91. The van der Waals surface area contributed by atoms with E-state index in [4.69, 9.17) is 0 Å². The van der Waals surface area contributed by atoms with Crippen LogP contribution in [0.3, 0.4) is 0 Å². The van der Waals surface area contributed by atoms with Gasteiger partial charge in [-0.05, 0) is 55.3 Å². The normalized spacial score (nSPS) is 14.6. The summed E-state index contributed by atoms with van der Waals surface area (Å²) in [5, 5.41) is 2.74. The first-order valence-corrected chi connectivity index (χ1v) is 10.8. The molecule has 29 heavy (non-hydrogen) atoms. The monoisotopic (exact) mass is 419 g/mol. The van der Waals surface area contributed by atoms with Crippen molar-refractivity contribution in [2.45, 2.75) is 42.9 Å². The Kier molecular flexibility index (Phi) is 5.08. The maximum absolute atomic E-state index is 12.6. The summed E-state index contributed by atoms with van der Waals surface area (Å²) in [7, 11) is -4.68. The van der Waals surface area contributed by atoms with Gasteiger partial charge >= 0.3 is 5.76 Å². The third-order valence-electron chi connectivity index (χ3n) is 5.05. The summed E-state index contributed by atoms with van der Waals surface area (Å²) in [4.78, 5) is 16.6. The lowest BCUT2D eigenvalue weighted by Crippen LogP contribution is -2.14. The number of aryl methyl sites for hydroxylation is 2. The molecule has 3 aromatic rings. The molecule has 4 rings (SSSR count). The molecule has 2 aromatic carbocycles. The van der Waals surface area contributed by atoms with Crippen LogP contribution in [-0.4, -0.2) is 29.6 Å². The van der Waals surface area contributed by atoms with E-state index in [1.54, 1.807) is 12.1 Å². The van der Waals surface area contributed by atoms with Gasteiger partial charge in [0.25, 0.3) is 5.91 Å². The van der Waals surface area contributed by atoms with Gasteiger partial charge in [-0.3, -0.25) is 4.79 Å². The van der Waals surface area contributed by atoms with Gasteiger partial charge in [-0.25, -0.2) is 13.4 Å². The van der Waals surface area contributed by atoms with Gasteiger partial charge in [0.15, 0.2) is 0 Å². The van der Waals surface area contributed by atoms with Crippen LogP contribution in [0.2, 0.25) is 0 Å². The van der Waals surface area contributed by atoms with Crippen LogP contribution in [-0.2, 0) is 22.8 Å². The van der Waals surface area contributed by atoms with Gasteiger partial charge in [0.05, 0.1) is 15.9 Å². The number of hydrogen-bond acceptors (Lipinski definition) is 4. The van der Waals surface area contributed by atoms with Crippen LogP contribution in [0.1, 0.15) is 35.4 Å². The second-order valence-corrected chi connectivity index (χ2v) is 8.90. The molecule has 0 spiro atoms. The van der Waals surface area contributed by atoms with Crippen LogP contribution in [0.25, 0.3) is 11.0 Å². The molecular weight excluding hydrogens is 400 g/mol. The summed E-state index contributed by atoms with van der Waals surface area (Å²) in [6.45, 7) is 0.936. The van der Waals surface area contributed by atoms with Crippen molar-refractivity contribution < 1.29 is 22.0 Å². The molecule has 152 valence electrons. The first-order valence-electron chi connectivity index (χ1n) is 9.29. The van der Waals surface area contributed by atoms with E-state index in [0.29, 0.717) is 5.69 Å². The molecule has 1 aliphatic heterocycles. The van der Waals surface area contributed by atoms with Crippen molar-refractivity contribution in [3.63, 3.8) is 0 Å². The summed E-state index contributed by atoms with van der Waals surface area (Å²) >= 11 is 0. The molecule has 1 aliphatic rings. The molecule has 0 bridgehead atoms. The van der Waals surface area contributed by atoms with Gasteiger partial charge in [-0.15, -0.1) is 0 Å². The minimum atomic E-state index is -4.68. The largest absolute Gasteiger partial charge is 0.341 e. The zero-order chi connectivity index (χ0) is 20.6. The molecule has 0 unspecified atom stereocenters. The van der Waals surface area contributed by atoms with Crippen LogP contribution >= 0.6 is 0 Å². The molecule has 6 nitrogen and oxygen atoms in total. The van der Waals surface area contributed by atoms with E-state index < -0.39 is 26.4 Å². The number of imidazole rings is 1. The SMILES string of the molecule is O=C(Nc1ccc2c(c1)nc1n2CCCCC1)c1ccc(S(=O)(=O)C(F)F)cc1. The number of halogens is 2. The number of carbonyl (C=O) groups excluding carboxylic acids is 1. The first kappa shape index (κ1) is 19.5. The molecule has 1 aromatic heterocycles.